The summed E-state index contributed by atoms with van der Waals surface area (Å²) in [4.78, 5) is 49.6. The first-order valence-electron chi connectivity index (χ1n) is 7.85. The maximum Gasteiger partial charge on any atom is 0.351 e. The summed E-state index contributed by atoms with van der Waals surface area (Å²) in [6, 6.07) is 5.29. The SMILES string of the molecule is Cc1cc(C)cc(-n2c(=O)c(C3C=NN(C)C(=O)C3=O)nn(C)c2=O)c1. The third-order valence-electron chi connectivity index (χ3n) is 4.08. The van der Waals surface area contributed by atoms with Crippen LogP contribution in [0.5, 0.6) is 0 Å². The number of amides is 1. The summed E-state index contributed by atoms with van der Waals surface area (Å²) in [5.41, 5.74) is 0.508. The minimum absolute atomic E-state index is 0.221. The fourth-order valence-electron chi connectivity index (χ4n) is 2.87. The van der Waals surface area contributed by atoms with Crippen LogP contribution in [0, 0.1) is 13.8 Å². The molecule has 9 nitrogen and oxygen atoms in total. The molecule has 0 spiro atoms. The van der Waals surface area contributed by atoms with E-state index < -0.39 is 28.9 Å². The van der Waals surface area contributed by atoms with E-state index in [9.17, 15) is 19.2 Å². The Balaban J connectivity index is 2.28. The molecule has 26 heavy (non-hydrogen) atoms. The van der Waals surface area contributed by atoms with Crippen LogP contribution in [0.1, 0.15) is 22.7 Å². The molecular formula is C17H17N5O4. The third kappa shape index (κ3) is 2.77. The number of nitrogens with zero attached hydrogens (tertiary/aromatic N) is 5. The van der Waals surface area contributed by atoms with Crippen molar-refractivity contribution < 1.29 is 9.59 Å². The number of hydrogen-bond donors (Lipinski definition) is 0. The molecule has 1 aliphatic rings. The lowest BCUT2D eigenvalue weighted by Crippen LogP contribution is -2.46. The number of aromatic nitrogens is 3. The number of carbonyl (C=O) groups excluding carboxylic acids is 2. The zero-order valence-electron chi connectivity index (χ0n) is 14.8. The number of Topliss-reactive ketones (excluding diaryl/α,β-unsaturated/α-hetero) is 1. The Hall–Kier alpha value is -3.36. The molecule has 0 aliphatic carbocycles. The van der Waals surface area contributed by atoms with Crippen molar-refractivity contribution in [2.24, 2.45) is 12.1 Å². The lowest BCUT2D eigenvalue weighted by Gasteiger charge is -2.20. The molecule has 1 atom stereocenters. The fraction of sp³-hybridized carbons (Fsp3) is 0.294. The van der Waals surface area contributed by atoms with Crippen LogP contribution in [0.15, 0.2) is 32.9 Å². The van der Waals surface area contributed by atoms with Crippen molar-refractivity contribution >= 4 is 17.9 Å². The van der Waals surface area contributed by atoms with Gasteiger partial charge >= 0.3 is 11.6 Å². The van der Waals surface area contributed by atoms with Gasteiger partial charge in [0, 0.05) is 20.3 Å². The van der Waals surface area contributed by atoms with Gasteiger partial charge in [0.2, 0.25) is 5.78 Å². The number of rotatable bonds is 2. The molecule has 134 valence electrons. The van der Waals surface area contributed by atoms with Gasteiger partial charge in [0.25, 0.3) is 5.56 Å². The van der Waals surface area contributed by atoms with Crippen LogP contribution in [0.25, 0.3) is 5.69 Å². The molecule has 0 fully saturated rings. The van der Waals surface area contributed by atoms with Crippen molar-refractivity contribution in [3.63, 3.8) is 0 Å². The Kier molecular flexibility index (Phi) is 4.15. The van der Waals surface area contributed by atoms with Gasteiger partial charge in [0.1, 0.15) is 11.6 Å². The summed E-state index contributed by atoms with van der Waals surface area (Å²) in [7, 11) is 2.72. The van der Waals surface area contributed by atoms with Crippen LogP contribution in [0.2, 0.25) is 0 Å². The van der Waals surface area contributed by atoms with E-state index in [1.165, 1.54) is 20.3 Å². The van der Waals surface area contributed by atoms with Crippen molar-refractivity contribution in [1.82, 2.24) is 19.4 Å². The highest BCUT2D eigenvalue weighted by Gasteiger charge is 2.35. The van der Waals surface area contributed by atoms with Gasteiger partial charge in [-0.05, 0) is 37.1 Å². The molecule has 2 aromatic rings. The number of ketones is 1. The van der Waals surface area contributed by atoms with Crippen molar-refractivity contribution in [3.8, 4) is 5.69 Å². The molecule has 1 amide bonds. The summed E-state index contributed by atoms with van der Waals surface area (Å²) in [5, 5.41) is 8.62. The van der Waals surface area contributed by atoms with E-state index in [1.54, 1.807) is 12.1 Å². The van der Waals surface area contributed by atoms with Gasteiger partial charge in [-0.1, -0.05) is 6.07 Å². The predicted octanol–water partition coefficient (Wildman–Crippen LogP) is -0.341. The van der Waals surface area contributed by atoms with Crippen LogP contribution >= 0.6 is 0 Å². The van der Waals surface area contributed by atoms with Crippen LogP contribution in [0.4, 0.5) is 0 Å². The number of carbonyl (C=O) groups is 2. The second-order valence-corrected chi connectivity index (χ2v) is 6.21. The summed E-state index contributed by atoms with van der Waals surface area (Å²) in [5.74, 6) is -2.89. The van der Waals surface area contributed by atoms with Gasteiger partial charge < -0.3 is 0 Å². The van der Waals surface area contributed by atoms with Crippen LogP contribution in [-0.2, 0) is 16.6 Å². The molecule has 2 heterocycles. The number of aryl methyl sites for hydroxylation is 3. The highest BCUT2D eigenvalue weighted by molar-refractivity contribution is 6.42. The van der Waals surface area contributed by atoms with Crippen LogP contribution in [-0.4, -0.2) is 44.3 Å². The standard InChI is InChI=1S/C17H17N5O4/c1-9-5-10(2)7-11(6-9)22-15(24)13(19-21(4)17(22)26)12-8-18-20(3)16(25)14(12)23/h5-8,12H,1-4H3. The summed E-state index contributed by atoms with van der Waals surface area (Å²) < 4.78 is 1.92. The average Bonchev–Trinajstić information content (AvgIpc) is 2.56. The Labute approximate surface area is 148 Å². The normalized spacial score (nSPS) is 17.1. The first-order valence-corrected chi connectivity index (χ1v) is 7.85. The van der Waals surface area contributed by atoms with Gasteiger partial charge in [0.15, 0.2) is 0 Å². The predicted molar refractivity (Wildman–Crippen MR) is 93.6 cm³/mol. The molecule has 0 N–H and O–H groups in total. The third-order valence-corrected chi connectivity index (χ3v) is 4.08. The molecule has 0 saturated heterocycles. The van der Waals surface area contributed by atoms with Crippen LogP contribution in [0.3, 0.4) is 0 Å². The number of hydrogen-bond acceptors (Lipinski definition) is 6. The second-order valence-electron chi connectivity index (χ2n) is 6.21. The summed E-state index contributed by atoms with van der Waals surface area (Å²) in [6.45, 7) is 3.69. The van der Waals surface area contributed by atoms with E-state index in [4.69, 9.17) is 0 Å². The Morgan fingerprint density at radius 2 is 1.58 bits per heavy atom. The molecule has 9 heteroatoms. The zero-order valence-corrected chi connectivity index (χ0v) is 14.8. The lowest BCUT2D eigenvalue weighted by atomic mass is 10.00. The van der Waals surface area contributed by atoms with Crippen molar-refractivity contribution in [3.05, 3.63) is 55.9 Å². The fourth-order valence-corrected chi connectivity index (χ4v) is 2.87. The number of likely N-dealkylation sites (N-methyl/N-ethyl adjacent to an activating group) is 1. The average molecular weight is 355 g/mol. The minimum Gasteiger partial charge on any atom is -0.287 e. The van der Waals surface area contributed by atoms with E-state index in [0.717, 1.165) is 25.4 Å². The number of hydrazone groups is 1. The molecule has 1 aromatic carbocycles. The van der Waals surface area contributed by atoms with E-state index in [1.807, 2.05) is 19.9 Å². The van der Waals surface area contributed by atoms with Crippen molar-refractivity contribution in [2.45, 2.75) is 19.8 Å². The monoisotopic (exact) mass is 355 g/mol. The van der Waals surface area contributed by atoms with Crippen molar-refractivity contribution in [1.29, 1.82) is 0 Å². The molecule has 0 saturated carbocycles. The maximum atomic E-state index is 12.9. The molecule has 1 aromatic heterocycles. The zero-order chi connectivity index (χ0) is 19.2. The Morgan fingerprint density at radius 1 is 0.962 bits per heavy atom. The smallest absolute Gasteiger partial charge is 0.287 e. The topological polar surface area (TPSA) is 107 Å². The largest absolute Gasteiger partial charge is 0.351 e. The highest BCUT2D eigenvalue weighted by atomic mass is 16.2. The van der Waals surface area contributed by atoms with Gasteiger partial charge in [-0.2, -0.15) is 10.2 Å². The lowest BCUT2D eigenvalue weighted by molar-refractivity contribution is -0.144. The summed E-state index contributed by atoms with van der Waals surface area (Å²) in [6.07, 6.45) is 1.18. The maximum absolute atomic E-state index is 12.9. The van der Waals surface area contributed by atoms with Gasteiger partial charge in [-0.25, -0.2) is 19.1 Å². The Morgan fingerprint density at radius 3 is 2.19 bits per heavy atom. The molecular weight excluding hydrogens is 338 g/mol. The van der Waals surface area contributed by atoms with Gasteiger partial charge in [-0.15, -0.1) is 0 Å². The molecule has 0 bridgehead atoms. The summed E-state index contributed by atoms with van der Waals surface area (Å²) >= 11 is 0. The first kappa shape index (κ1) is 17.5. The molecule has 1 aliphatic heterocycles. The highest BCUT2D eigenvalue weighted by Crippen LogP contribution is 2.15. The molecule has 0 radical (unpaired) electrons. The molecule has 3 rings (SSSR count). The first-order chi connectivity index (χ1) is 12.2. The van der Waals surface area contributed by atoms with Crippen molar-refractivity contribution in [2.75, 3.05) is 7.05 Å². The van der Waals surface area contributed by atoms with E-state index in [2.05, 4.69) is 10.2 Å². The van der Waals surface area contributed by atoms with Gasteiger partial charge in [-0.3, -0.25) is 14.4 Å². The molecule has 1 unspecified atom stereocenters. The van der Waals surface area contributed by atoms with Gasteiger partial charge in [0.05, 0.1) is 5.69 Å². The Bertz CT molecular complexity index is 1060. The van der Waals surface area contributed by atoms with E-state index in [0.29, 0.717) is 5.69 Å². The quantitative estimate of drug-likeness (QED) is 0.685. The van der Waals surface area contributed by atoms with Crippen LogP contribution < -0.4 is 11.2 Å². The minimum atomic E-state index is -1.23. The van der Waals surface area contributed by atoms with E-state index in [-0.39, 0.29) is 5.69 Å². The van der Waals surface area contributed by atoms with E-state index >= 15 is 0 Å². The second kappa shape index (κ2) is 6.17. The number of benzene rings is 1.